The number of hydrogen-bond acceptors (Lipinski definition) is 2. The van der Waals surface area contributed by atoms with Gasteiger partial charge in [0.25, 0.3) is 0 Å². The van der Waals surface area contributed by atoms with Crippen LogP contribution >= 0.6 is 34.4 Å². The summed E-state index contributed by atoms with van der Waals surface area (Å²) in [6.45, 7) is 2.32. The number of aromatic nitrogens is 2. The van der Waals surface area contributed by atoms with Gasteiger partial charge in [-0.2, -0.15) is 0 Å². The lowest BCUT2D eigenvalue weighted by Crippen LogP contribution is -2.30. The highest BCUT2D eigenvalue weighted by molar-refractivity contribution is 14.1. The summed E-state index contributed by atoms with van der Waals surface area (Å²) in [6.07, 6.45) is 0. The van der Waals surface area contributed by atoms with Crippen LogP contribution in [0, 0.1) is 0 Å². The lowest BCUT2D eigenvalue weighted by atomic mass is 10.1. The number of rotatable bonds is 1. The molecule has 0 aliphatic carbocycles. The number of benzene rings is 1. The zero-order valence-electron chi connectivity index (χ0n) is 8.40. The Labute approximate surface area is 107 Å². The van der Waals surface area contributed by atoms with Crippen LogP contribution in [0.25, 0.3) is 11.0 Å². The Hall–Kier alpha value is -0.230. The highest BCUT2D eigenvalue weighted by atomic mass is 127. The molecule has 0 radical (unpaired) electrons. The second kappa shape index (κ2) is 3.38. The minimum atomic E-state index is 0.233. The third-order valence-corrected chi connectivity index (χ3v) is 5.81. The Bertz CT molecular complexity index is 522. The van der Waals surface area contributed by atoms with Crippen molar-refractivity contribution in [1.29, 1.82) is 0 Å². The van der Waals surface area contributed by atoms with Crippen LogP contribution in [0.1, 0.15) is 6.92 Å². The lowest BCUT2D eigenvalue weighted by molar-refractivity contribution is 0.422. The highest BCUT2D eigenvalue weighted by Gasteiger charge is 2.35. The van der Waals surface area contributed by atoms with Crippen molar-refractivity contribution in [3.63, 3.8) is 0 Å². The summed E-state index contributed by atoms with van der Waals surface area (Å²) < 4.78 is 3.53. The van der Waals surface area contributed by atoms with Crippen molar-refractivity contribution in [2.24, 2.45) is 0 Å². The van der Waals surface area contributed by atoms with Gasteiger partial charge in [-0.25, -0.2) is 4.98 Å². The van der Waals surface area contributed by atoms with Crippen molar-refractivity contribution in [2.45, 2.75) is 17.6 Å². The molecule has 1 aromatic heterocycles. The van der Waals surface area contributed by atoms with E-state index in [2.05, 4.69) is 63.3 Å². The topological polar surface area (TPSA) is 17.8 Å². The summed E-state index contributed by atoms with van der Waals surface area (Å²) >= 11 is 4.34. The third-order valence-electron chi connectivity index (χ3n) is 2.87. The van der Waals surface area contributed by atoms with E-state index in [9.17, 15) is 0 Å². The first-order chi connectivity index (χ1) is 7.24. The van der Waals surface area contributed by atoms with Crippen LogP contribution in [-0.2, 0) is 5.54 Å². The highest BCUT2D eigenvalue weighted by Crippen LogP contribution is 2.41. The molecule has 4 heteroatoms. The molecular formula is C11H11IN2S. The molecule has 15 heavy (non-hydrogen) atoms. The molecule has 3 rings (SSSR count). The third kappa shape index (κ3) is 1.34. The predicted octanol–water partition coefficient (Wildman–Crippen LogP) is 3.29. The normalized spacial score (nSPS) is 24.7. The molecule has 0 amide bonds. The molecular weight excluding hydrogens is 319 g/mol. The van der Waals surface area contributed by atoms with E-state index < -0.39 is 0 Å². The quantitative estimate of drug-likeness (QED) is 0.590. The van der Waals surface area contributed by atoms with Crippen LogP contribution in [0.5, 0.6) is 0 Å². The molecule has 1 aliphatic heterocycles. The maximum Gasteiger partial charge on any atom is 0.169 e. The van der Waals surface area contributed by atoms with Crippen molar-refractivity contribution >= 4 is 45.4 Å². The van der Waals surface area contributed by atoms with E-state index in [-0.39, 0.29) is 5.54 Å². The zero-order valence-corrected chi connectivity index (χ0v) is 11.4. The molecule has 0 saturated heterocycles. The fraction of sp³-hybridized carbons (Fsp3) is 0.364. The Morgan fingerprint density at radius 3 is 3.13 bits per heavy atom. The maximum atomic E-state index is 4.66. The first-order valence-electron chi connectivity index (χ1n) is 4.91. The molecule has 1 atom stereocenters. The molecule has 0 unspecified atom stereocenters. The zero-order chi connectivity index (χ0) is 10.5. The van der Waals surface area contributed by atoms with Gasteiger partial charge in [-0.05, 0) is 19.1 Å². The number of nitrogens with zero attached hydrogens (tertiary/aromatic N) is 2. The molecule has 2 aromatic rings. The van der Waals surface area contributed by atoms with Crippen LogP contribution in [0.3, 0.4) is 0 Å². The van der Waals surface area contributed by atoms with E-state index in [1.807, 2.05) is 11.8 Å². The van der Waals surface area contributed by atoms with Crippen molar-refractivity contribution < 1.29 is 0 Å². The van der Waals surface area contributed by atoms with Gasteiger partial charge in [-0.3, -0.25) is 0 Å². The molecule has 1 aromatic carbocycles. The summed E-state index contributed by atoms with van der Waals surface area (Å²) in [5.41, 5.74) is 2.63. The number of halogens is 1. The van der Waals surface area contributed by atoms with Crippen molar-refractivity contribution in [1.82, 2.24) is 9.55 Å². The minimum absolute atomic E-state index is 0.233. The summed E-state index contributed by atoms with van der Waals surface area (Å²) in [6, 6.07) is 8.40. The van der Waals surface area contributed by atoms with Crippen molar-refractivity contribution in [2.75, 3.05) is 10.2 Å². The number of alkyl halides is 1. The average Bonchev–Trinajstić information content (AvgIpc) is 2.78. The van der Waals surface area contributed by atoms with Gasteiger partial charge in [0.05, 0.1) is 16.6 Å². The Kier molecular flexibility index (Phi) is 2.24. The molecule has 78 valence electrons. The number of imidazole rings is 1. The van der Waals surface area contributed by atoms with Gasteiger partial charge < -0.3 is 4.57 Å². The second-order valence-electron chi connectivity index (χ2n) is 4.14. The molecule has 0 N–H and O–H groups in total. The van der Waals surface area contributed by atoms with Gasteiger partial charge in [0.1, 0.15) is 0 Å². The van der Waals surface area contributed by atoms with Crippen LogP contribution < -0.4 is 0 Å². The lowest BCUT2D eigenvalue weighted by Gasteiger charge is -2.23. The van der Waals surface area contributed by atoms with E-state index >= 15 is 0 Å². The molecule has 2 nitrogen and oxygen atoms in total. The first kappa shape index (κ1) is 9.96. The van der Waals surface area contributed by atoms with Crippen LogP contribution in [0.15, 0.2) is 29.4 Å². The Morgan fingerprint density at radius 1 is 1.53 bits per heavy atom. The Balaban J connectivity index is 2.34. The fourth-order valence-electron chi connectivity index (χ4n) is 2.01. The van der Waals surface area contributed by atoms with Gasteiger partial charge >= 0.3 is 0 Å². The van der Waals surface area contributed by atoms with E-state index in [4.69, 9.17) is 0 Å². The summed E-state index contributed by atoms with van der Waals surface area (Å²) in [5.74, 6) is 1.14. The predicted molar refractivity (Wildman–Crippen MR) is 73.0 cm³/mol. The Morgan fingerprint density at radius 2 is 2.33 bits per heavy atom. The summed E-state index contributed by atoms with van der Waals surface area (Å²) in [5, 5.41) is 1.18. The smallest absolute Gasteiger partial charge is 0.169 e. The van der Waals surface area contributed by atoms with Gasteiger partial charge in [-0.15, -0.1) is 0 Å². The van der Waals surface area contributed by atoms with Crippen LogP contribution in [0.2, 0.25) is 0 Å². The molecule has 2 heterocycles. The SMILES string of the molecule is C[C@]1(CI)CSc2nc3ccccc3n21. The minimum Gasteiger partial charge on any atom is -0.311 e. The van der Waals surface area contributed by atoms with Gasteiger partial charge in [-0.1, -0.05) is 46.5 Å². The molecule has 0 saturated carbocycles. The standard InChI is InChI=1S/C11H11IN2S/c1-11(6-12)7-15-10-13-8-4-2-3-5-9(8)14(10)11/h2-5H,6-7H2,1H3/t11-/m0/s1. The second-order valence-corrected chi connectivity index (χ2v) is 5.84. The van der Waals surface area contributed by atoms with Gasteiger partial charge in [0.2, 0.25) is 0 Å². The van der Waals surface area contributed by atoms with Gasteiger partial charge in [0.15, 0.2) is 5.16 Å². The average molecular weight is 330 g/mol. The van der Waals surface area contributed by atoms with Crippen molar-refractivity contribution in [3.05, 3.63) is 24.3 Å². The van der Waals surface area contributed by atoms with Crippen molar-refractivity contribution in [3.8, 4) is 0 Å². The van der Waals surface area contributed by atoms with E-state index in [1.165, 1.54) is 10.7 Å². The molecule has 0 fully saturated rings. The first-order valence-corrected chi connectivity index (χ1v) is 7.42. The number of para-hydroxylation sites is 2. The van der Waals surface area contributed by atoms with E-state index in [1.54, 1.807) is 0 Å². The van der Waals surface area contributed by atoms with Crippen LogP contribution in [-0.4, -0.2) is 19.7 Å². The molecule has 0 bridgehead atoms. The number of hydrogen-bond donors (Lipinski definition) is 0. The number of thioether (sulfide) groups is 1. The van der Waals surface area contributed by atoms with Crippen LogP contribution in [0.4, 0.5) is 0 Å². The molecule has 0 spiro atoms. The summed E-state index contributed by atoms with van der Waals surface area (Å²) in [7, 11) is 0. The molecule has 1 aliphatic rings. The summed E-state index contributed by atoms with van der Waals surface area (Å²) in [4.78, 5) is 4.66. The van der Waals surface area contributed by atoms with E-state index in [0.717, 1.165) is 15.7 Å². The monoisotopic (exact) mass is 330 g/mol. The largest absolute Gasteiger partial charge is 0.311 e. The fourth-order valence-corrected chi connectivity index (χ4v) is 4.26. The van der Waals surface area contributed by atoms with Gasteiger partial charge in [0, 0.05) is 10.2 Å². The maximum absolute atomic E-state index is 4.66. The van der Waals surface area contributed by atoms with E-state index in [0.29, 0.717) is 0 Å². The number of fused-ring (bicyclic) bond motifs is 3.